The maximum absolute atomic E-state index is 10.7. The molecule has 2 aromatic rings. The van der Waals surface area contributed by atoms with Crippen LogP contribution < -0.4 is 5.32 Å². The highest BCUT2D eigenvalue weighted by Crippen LogP contribution is 2.22. The number of aryl methyl sites for hydroxylation is 1. The summed E-state index contributed by atoms with van der Waals surface area (Å²) in [5.74, 6) is 0.705. The number of anilines is 1. The summed E-state index contributed by atoms with van der Waals surface area (Å²) in [5.41, 5.74) is 1.52. The lowest BCUT2D eigenvalue weighted by Crippen LogP contribution is -1.99. The number of nitrogens with zero attached hydrogens (tertiary/aromatic N) is 1. The third kappa shape index (κ3) is 2.81. The number of halogens is 1. The molecule has 1 N–H and O–H groups in total. The molecule has 0 saturated carbocycles. The van der Waals surface area contributed by atoms with E-state index in [9.17, 15) is 10.1 Å². The lowest BCUT2D eigenvalue weighted by atomic mass is 10.2. The Morgan fingerprint density at radius 2 is 2.17 bits per heavy atom. The molecule has 1 aromatic heterocycles. The zero-order valence-electron chi connectivity index (χ0n) is 9.64. The van der Waals surface area contributed by atoms with Crippen LogP contribution in [0.25, 0.3) is 0 Å². The van der Waals surface area contributed by atoms with E-state index in [1.807, 2.05) is 0 Å². The Bertz CT molecular complexity index is 580. The van der Waals surface area contributed by atoms with Crippen LogP contribution in [0.15, 0.2) is 34.7 Å². The Morgan fingerprint density at radius 1 is 1.39 bits per heavy atom. The molecule has 1 heterocycles. The highest BCUT2D eigenvalue weighted by Gasteiger charge is 2.10. The number of nitro groups is 1. The van der Waals surface area contributed by atoms with Gasteiger partial charge in [-0.2, -0.15) is 0 Å². The lowest BCUT2D eigenvalue weighted by molar-refractivity contribution is -0.385. The molecule has 0 aliphatic rings. The first-order chi connectivity index (χ1) is 8.56. The molecule has 0 aliphatic heterocycles. The molecule has 0 amide bonds. The zero-order chi connectivity index (χ0) is 13.1. The second-order valence-corrected chi connectivity index (χ2v) is 4.19. The van der Waals surface area contributed by atoms with Crippen molar-refractivity contribution in [1.29, 1.82) is 0 Å². The highest BCUT2D eigenvalue weighted by atomic mass is 35.5. The Hall–Kier alpha value is -2.01. The van der Waals surface area contributed by atoms with Gasteiger partial charge in [-0.05, 0) is 42.8 Å². The topological polar surface area (TPSA) is 68.3 Å². The van der Waals surface area contributed by atoms with Crippen molar-refractivity contribution in [2.45, 2.75) is 13.5 Å². The normalized spacial score (nSPS) is 10.3. The van der Waals surface area contributed by atoms with E-state index in [1.165, 1.54) is 6.07 Å². The van der Waals surface area contributed by atoms with Gasteiger partial charge < -0.3 is 9.73 Å². The van der Waals surface area contributed by atoms with Gasteiger partial charge in [-0.25, -0.2) is 0 Å². The van der Waals surface area contributed by atoms with E-state index in [2.05, 4.69) is 5.32 Å². The Kier molecular flexibility index (Phi) is 3.53. The van der Waals surface area contributed by atoms with Crippen molar-refractivity contribution in [1.82, 2.24) is 0 Å². The van der Waals surface area contributed by atoms with Crippen LogP contribution in [-0.4, -0.2) is 4.92 Å². The fourth-order valence-corrected chi connectivity index (χ4v) is 1.77. The van der Waals surface area contributed by atoms with Crippen molar-refractivity contribution < 1.29 is 9.34 Å². The average Bonchev–Trinajstić information content (AvgIpc) is 2.72. The van der Waals surface area contributed by atoms with Crippen molar-refractivity contribution in [3.63, 3.8) is 0 Å². The summed E-state index contributed by atoms with van der Waals surface area (Å²) in [5, 5.41) is 14.1. The molecule has 0 atom stereocenters. The molecular weight excluding hydrogens is 256 g/mol. The van der Waals surface area contributed by atoms with E-state index < -0.39 is 4.92 Å². The summed E-state index contributed by atoms with van der Waals surface area (Å²) < 4.78 is 5.19. The van der Waals surface area contributed by atoms with Crippen molar-refractivity contribution in [3.8, 4) is 0 Å². The third-order valence-electron chi connectivity index (χ3n) is 2.49. The van der Waals surface area contributed by atoms with E-state index in [1.54, 1.807) is 31.2 Å². The Balaban J connectivity index is 2.06. The number of hydrogen-bond acceptors (Lipinski definition) is 4. The molecule has 0 spiro atoms. The first kappa shape index (κ1) is 12.4. The van der Waals surface area contributed by atoms with Crippen LogP contribution in [0, 0.1) is 17.0 Å². The van der Waals surface area contributed by atoms with Crippen molar-refractivity contribution in [2.24, 2.45) is 0 Å². The van der Waals surface area contributed by atoms with Gasteiger partial charge in [0, 0.05) is 17.3 Å². The molecule has 0 fully saturated rings. The molecule has 0 saturated heterocycles. The molecule has 18 heavy (non-hydrogen) atoms. The van der Waals surface area contributed by atoms with Gasteiger partial charge in [0.25, 0.3) is 5.69 Å². The van der Waals surface area contributed by atoms with Crippen LogP contribution in [0.2, 0.25) is 5.22 Å². The van der Waals surface area contributed by atoms with Crippen LogP contribution in [0.4, 0.5) is 11.4 Å². The first-order valence-electron chi connectivity index (χ1n) is 5.29. The van der Waals surface area contributed by atoms with Crippen LogP contribution in [0.5, 0.6) is 0 Å². The monoisotopic (exact) mass is 266 g/mol. The number of nitrogens with one attached hydrogen (secondary N) is 1. The minimum absolute atomic E-state index is 0.113. The molecule has 6 heteroatoms. The van der Waals surface area contributed by atoms with Crippen LogP contribution in [-0.2, 0) is 6.54 Å². The van der Waals surface area contributed by atoms with Gasteiger partial charge in [-0.3, -0.25) is 10.1 Å². The number of hydrogen-bond donors (Lipinski definition) is 1. The molecule has 2 rings (SSSR count). The van der Waals surface area contributed by atoms with Crippen molar-refractivity contribution >= 4 is 23.0 Å². The van der Waals surface area contributed by atoms with E-state index in [4.69, 9.17) is 16.0 Å². The first-order valence-corrected chi connectivity index (χ1v) is 5.67. The highest BCUT2D eigenvalue weighted by molar-refractivity contribution is 6.28. The van der Waals surface area contributed by atoms with Crippen LogP contribution in [0.1, 0.15) is 11.3 Å². The Labute approximate surface area is 109 Å². The van der Waals surface area contributed by atoms with Gasteiger partial charge in [0.15, 0.2) is 5.22 Å². The number of benzene rings is 1. The van der Waals surface area contributed by atoms with Crippen molar-refractivity contribution in [2.75, 3.05) is 5.32 Å². The average molecular weight is 267 g/mol. The molecule has 5 nitrogen and oxygen atoms in total. The van der Waals surface area contributed by atoms with Gasteiger partial charge in [-0.1, -0.05) is 0 Å². The molecule has 0 unspecified atom stereocenters. The third-order valence-corrected chi connectivity index (χ3v) is 2.69. The molecule has 1 aromatic carbocycles. The maximum atomic E-state index is 10.7. The minimum atomic E-state index is -0.397. The molecular formula is C12H11ClN2O3. The summed E-state index contributed by atoms with van der Waals surface area (Å²) in [4.78, 5) is 10.3. The van der Waals surface area contributed by atoms with Gasteiger partial charge in [0.05, 0.1) is 11.5 Å². The summed E-state index contributed by atoms with van der Waals surface area (Å²) >= 11 is 5.65. The van der Waals surface area contributed by atoms with Crippen molar-refractivity contribution in [3.05, 3.63) is 57.0 Å². The predicted molar refractivity (Wildman–Crippen MR) is 68.9 cm³/mol. The van der Waals surface area contributed by atoms with Crippen LogP contribution in [0.3, 0.4) is 0 Å². The molecule has 0 aliphatic carbocycles. The van der Waals surface area contributed by atoms with Gasteiger partial charge in [0.2, 0.25) is 0 Å². The number of rotatable bonds is 4. The molecule has 0 bridgehead atoms. The van der Waals surface area contributed by atoms with Crippen LogP contribution >= 0.6 is 11.6 Å². The van der Waals surface area contributed by atoms with E-state index in [0.29, 0.717) is 23.1 Å². The smallest absolute Gasteiger partial charge is 0.272 e. The Morgan fingerprint density at radius 3 is 2.72 bits per heavy atom. The zero-order valence-corrected chi connectivity index (χ0v) is 10.4. The van der Waals surface area contributed by atoms with E-state index in [-0.39, 0.29) is 5.69 Å². The quantitative estimate of drug-likeness (QED) is 0.676. The van der Waals surface area contributed by atoms with Gasteiger partial charge >= 0.3 is 0 Å². The summed E-state index contributed by atoms with van der Waals surface area (Å²) in [6.45, 7) is 2.18. The van der Waals surface area contributed by atoms with E-state index in [0.717, 1.165) is 5.69 Å². The number of nitro benzene ring substituents is 1. The maximum Gasteiger partial charge on any atom is 0.272 e. The second kappa shape index (κ2) is 5.10. The lowest BCUT2D eigenvalue weighted by Gasteiger charge is -2.05. The fraction of sp³-hybridized carbons (Fsp3) is 0.167. The fourth-order valence-electron chi connectivity index (χ4n) is 1.61. The minimum Gasteiger partial charge on any atom is -0.448 e. The molecule has 94 valence electrons. The summed E-state index contributed by atoms with van der Waals surface area (Å²) in [6, 6.07) is 8.30. The largest absolute Gasteiger partial charge is 0.448 e. The SMILES string of the molecule is Cc1cc(NCc2ccc(Cl)o2)ccc1[N+](=O)[O-]. The standard InChI is InChI=1S/C12H11ClN2O3/c1-8-6-9(2-4-11(8)15(16)17)14-7-10-3-5-12(13)18-10/h2-6,14H,7H2,1H3. The second-order valence-electron chi connectivity index (χ2n) is 3.82. The summed E-state index contributed by atoms with van der Waals surface area (Å²) in [7, 11) is 0. The van der Waals surface area contributed by atoms with E-state index >= 15 is 0 Å². The molecule has 0 radical (unpaired) electrons. The predicted octanol–water partition coefficient (Wildman–Crippen LogP) is 3.76. The van der Waals surface area contributed by atoms with Gasteiger partial charge in [0.1, 0.15) is 5.76 Å². The van der Waals surface area contributed by atoms with Gasteiger partial charge in [-0.15, -0.1) is 0 Å². The number of furan rings is 1. The summed E-state index contributed by atoms with van der Waals surface area (Å²) in [6.07, 6.45) is 0.